The van der Waals surface area contributed by atoms with Crippen LogP contribution in [0.3, 0.4) is 0 Å². The van der Waals surface area contributed by atoms with Gasteiger partial charge in [-0.3, -0.25) is 14.6 Å². The lowest BCUT2D eigenvalue weighted by atomic mass is 10.2. The van der Waals surface area contributed by atoms with Crippen LogP contribution in [0.25, 0.3) is 0 Å². The maximum Gasteiger partial charge on any atom is 0.253 e. The van der Waals surface area contributed by atoms with Crippen LogP contribution in [-0.2, 0) is 0 Å². The summed E-state index contributed by atoms with van der Waals surface area (Å²) in [6.07, 6.45) is 1.91. The zero-order valence-corrected chi connectivity index (χ0v) is 9.49. The Morgan fingerprint density at radius 2 is 2.19 bits per heavy atom. The number of hydrogen-bond acceptors (Lipinski definition) is 3. The first-order chi connectivity index (χ1) is 7.54. The van der Waals surface area contributed by atoms with E-state index >= 15 is 0 Å². The van der Waals surface area contributed by atoms with Crippen LogP contribution in [0.2, 0.25) is 0 Å². The van der Waals surface area contributed by atoms with Gasteiger partial charge in [0.25, 0.3) is 11.5 Å². The molecule has 0 atom stereocenters. The number of aromatic hydroxyl groups is 1. The first-order valence-electron chi connectivity index (χ1n) is 5.23. The molecule has 1 amide bonds. The topological polar surface area (TPSA) is 73.4 Å². The minimum atomic E-state index is -0.479. The van der Waals surface area contributed by atoms with Crippen molar-refractivity contribution in [2.75, 3.05) is 13.6 Å². The third-order valence-corrected chi connectivity index (χ3v) is 2.27. The van der Waals surface area contributed by atoms with Crippen LogP contribution < -0.4 is 5.56 Å². The Hall–Kier alpha value is -1.78. The zero-order valence-electron chi connectivity index (χ0n) is 9.49. The molecule has 5 heteroatoms. The van der Waals surface area contributed by atoms with E-state index in [9.17, 15) is 14.7 Å². The Morgan fingerprint density at radius 1 is 1.50 bits per heavy atom. The summed E-state index contributed by atoms with van der Waals surface area (Å²) in [5, 5.41) is 9.17. The average molecular weight is 224 g/mol. The predicted octanol–water partition coefficient (Wildman–Crippen LogP) is 0.953. The summed E-state index contributed by atoms with van der Waals surface area (Å²) in [5.74, 6) is -0.547. The lowest BCUT2D eigenvalue weighted by molar-refractivity contribution is 0.0792. The molecule has 1 rings (SSSR count). The number of hydrogen-bond donors (Lipinski definition) is 2. The van der Waals surface area contributed by atoms with Crippen molar-refractivity contribution in [1.82, 2.24) is 9.88 Å². The molecule has 0 bridgehead atoms. The number of aromatic nitrogens is 1. The van der Waals surface area contributed by atoms with Gasteiger partial charge in [0.1, 0.15) is 0 Å². The highest BCUT2D eigenvalue weighted by atomic mass is 16.3. The minimum Gasteiger partial charge on any atom is -0.494 e. The lowest BCUT2D eigenvalue weighted by Gasteiger charge is -2.16. The van der Waals surface area contributed by atoms with Crippen molar-refractivity contribution in [3.05, 3.63) is 28.0 Å². The molecule has 0 saturated heterocycles. The van der Waals surface area contributed by atoms with Gasteiger partial charge in [0.05, 0.1) is 5.56 Å². The second kappa shape index (κ2) is 5.34. The van der Waals surface area contributed by atoms with Gasteiger partial charge in [-0.05, 0) is 6.42 Å². The van der Waals surface area contributed by atoms with Crippen LogP contribution in [0, 0.1) is 0 Å². The molecule has 0 spiro atoms. The molecule has 1 heterocycles. The summed E-state index contributed by atoms with van der Waals surface area (Å²) >= 11 is 0. The minimum absolute atomic E-state index is 0.208. The van der Waals surface area contributed by atoms with Crippen LogP contribution in [0.5, 0.6) is 5.88 Å². The van der Waals surface area contributed by atoms with Crippen LogP contribution in [-0.4, -0.2) is 34.5 Å². The van der Waals surface area contributed by atoms with E-state index in [-0.39, 0.29) is 17.4 Å². The molecule has 5 nitrogen and oxygen atoms in total. The summed E-state index contributed by atoms with van der Waals surface area (Å²) in [4.78, 5) is 26.6. The summed E-state index contributed by atoms with van der Waals surface area (Å²) in [6, 6.07) is 2.44. The van der Waals surface area contributed by atoms with Gasteiger partial charge in [0.15, 0.2) is 5.88 Å². The third kappa shape index (κ3) is 3.12. The zero-order chi connectivity index (χ0) is 12.1. The smallest absolute Gasteiger partial charge is 0.253 e. The number of amides is 1. The molecule has 1 aromatic heterocycles. The Kier molecular flexibility index (Phi) is 4.10. The highest BCUT2D eigenvalue weighted by Gasteiger charge is 2.12. The molecule has 0 aliphatic rings. The Morgan fingerprint density at radius 3 is 2.75 bits per heavy atom. The van der Waals surface area contributed by atoms with Gasteiger partial charge in [-0.1, -0.05) is 13.3 Å². The van der Waals surface area contributed by atoms with Crippen molar-refractivity contribution in [2.45, 2.75) is 19.8 Å². The quantitative estimate of drug-likeness (QED) is 0.799. The second-order valence-electron chi connectivity index (χ2n) is 3.70. The number of nitrogens with one attached hydrogen (secondary N) is 1. The molecule has 0 aliphatic heterocycles. The van der Waals surface area contributed by atoms with E-state index in [4.69, 9.17) is 0 Å². The Balaban J connectivity index is 2.83. The average Bonchev–Trinajstić information content (AvgIpc) is 2.23. The Bertz CT molecular complexity index is 425. The molecule has 2 N–H and O–H groups in total. The molecule has 16 heavy (non-hydrogen) atoms. The third-order valence-electron chi connectivity index (χ3n) is 2.27. The van der Waals surface area contributed by atoms with Gasteiger partial charge < -0.3 is 10.0 Å². The maximum atomic E-state index is 11.8. The fraction of sp³-hybridized carbons (Fsp3) is 0.455. The number of nitrogens with zero attached hydrogens (tertiary/aromatic N) is 1. The van der Waals surface area contributed by atoms with Crippen molar-refractivity contribution in [3.63, 3.8) is 0 Å². The van der Waals surface area contributed by atoms with E-state index in [1.165, 1.54) is 17.0 Å². The molecule has 0 radical (unpaired) electrons. The van der Waals surface area contributed by atoms with Crippen LogP contribution in [0.15, 0.2) is 16.9 Å². The van der Waals surface area contributed by atoms with Crippen molar-refractivity contribution in [2.24, 2.45) is 0 Å². The SMILES string of the molecule is CCCCN(C)C(=O)c1cc(O)[nH]c(=O)c1. The number of aromatic amines is 1. The summed E-state index contributed by atoms with van der Waals surface area (Å²) in [7, 11) is 1.68. The van der Waals surface area contributed by atoms with E-state index < -0.39 is 5.56 Å². The second-order valence-corrected chi connectivity index (χ2v) is 3.70. The van der Waals surface area contributed by atoms with Crippen molar-refractivity contribution in [3.8, 4) is 5.88 Å². The van der Waals surface area contributed by atoms with Gasteiger partial charge in [-0.25, -0.2) is 0 Å². The molecular formula is C11H16N2O3. The fourth-order valence-electron chi connectivity index (χ4n) is 1.37. The van der Waals surface area contributed by atoms with Crippen molar-refractivity contribution >= 4 is 5.91 Å². The van der Waals surface area contributed by atoms with Crippen molar-refractivity contribution < 1.29 is 9.90 Å². The van der Waals surface area contributed by atoms with E-state index in [2.05, 4.69) is 4.98 Å². The monoisotopic (exact) mass is 224 g/mol. The van der Waals surface area contributed by atoms with Gasteiger partial charge in [-0.15, -0.1) is 0 Å². The van der Waals surface area contributed by atoms with Crippen LogP contribution in [0.4, 0.5) is 0 Å². The van der Waals surface area contributed by atoms with Gasteiger partial charge >= 0.3 is 0 Å². The molecule has 88 valence electrons. The first kappa shape index (κ1) is 12.3. The standard InChI is InChI=1S/C11H16N2O3/c1-3-4-5-13(2)11(16)8-6-9(14)12-10(15)7-8/h6-7H,3-5H2,1-2H3,(H2,12,14,15). The largest absolute Gasteiger partial charge is 0.494 e. The fourth-order valence-corrected chi connectivity index (χ4v) is 1.37. The van der Waals surface area contributed by atoms with E-state index in [1.54, 1.807) is 7.05 Å². The summed E-state index contributed by atoms with van der Waals surface area (Å²) < 4.78 is 0. The number of carbonyl (C=O) groups is 1. The predicted molar refractivity (Wildman–Crippen MR) is 60.6 cm³/mol. The molecule has 0 unspecified atom stereocenters. The lowest BCUT2D eigenvalue weighted by Crippen LogP contribution is -2.28. The Labute approximate surface area is 93.7 Å². The molecule has 1 aromatic rings. The molecule has 0 saturated carbocycles. The molecular weight excluding hydrogens is 208 g/mol. The highest BCUT2D eigenvalue weighted by molar-refractivity contribution is 5.94. The first-order valence-corrected chi connectivity index (χ1v) is 5.23. The van der Waals surface area contributed by atoms with Gasteiger partial charge in [-0.2, -0.15) is 0 Å². The van der Waals surface area contributed by atoms with Crippen molar-refractivity contribution in [1.29, 1.82) is 0 Å². The van der Waals surface area contributed by atoms with E-state index in [0.717, 1.165) is 12.8 Å². The maximum absolute atomic E-state index is 11.8. The summed E-state index contributed by atoms with van der Waals surface area (Å²) in [5.41, 5.74) is -0.271. The number of carbonyl (C=O) groups excluding carboxylic acids is 1. The van der Waals surface area contributed by atoms with Crippen LogP contribution >= 0.6 is 0 Å². The molecule has 0 aromatic carbocycles. The number of H-pyrrole nitrogens is 1. The number of unbranched alkanes of at least 4 members (excludes halogenated alkanes) is 1. The normalized spacial score (nSPS) is 10.1. The number of pyridine rings is 1. The van der Waals surface area contributed by atoms with E-state index in [1.807, 2.05) is 6.92 Å². The van der Waals surface area contributed by atoms with E-state index in [0.29, 0.717) is 6.54 Å². The summed E-state index contributed by atoms with van der Waals surface area (Å²) in [6.45, 7) is 2.68. The molecule has 0 fully saturated rings. The van der Waals surface area contributed by atoms with Crippen LogP contribution in [0.1, 0.15) is 30.1 Å². The van der Waals surface area contributed by atoms with Gasteiger partial charge in [0.2, 0.25) is 0 Å². The number of rotatable bonds is 4. The van der Waals surface area contributed by atoms with Gasteiger partial charge in [0, 0.05) is 25.7 Å². The molecule has 0 aliphatic carbocycles. The highest BCUT2D eigenvalue weighted by Crippen LogP contribution is 2.07.